The van der Waals surface area contributed by atoms with Gasteiger partial charge in [0, 0.05) is 11.1 Å². The molecule has 1 atom stereocenters. The van der Waals surface area contributed by atoms with Crippen LogP contribution in [0.5, 0.6) is 0 Å². The molecule has 3 aromatic carbocycles. The number of rotatable bonds is 7. The minimum absolute atomic E-state index is 0.111. The first-order valence-electron chi connectivity index (χ1n) is 9.81. The molecule has 0 saturated carbocycles. The Morgan fingerprint density at radius 3 is 2.48 bits per heavy atom. The van der Waals surface area contributed by atoms with Gasteiger partial charge >= 0.3 is 0 Å². The minimum Gasteiger partial charge on any atom is -0.256 e. The summed E-state index contributed by atoms with van der Waals surface area (Å²) in [6.45, 7) is 1.87. The highest BCUT2D eigenvalue weighted by Gasteiger charge is 2.33. The molecule has 1 heterocycles. The number of nitrogens with zero attached hydrogens (tertiary/aromatic N) is 5. The number of benzene rings is 3. The van der Waals surface area contributed by atoms with Crippen molar-refractivity contribution in [2.45, 2.75) is 24.4 Å². The predicted molar refractivity (Wildman–Crippen MR) is 119 cm³/mol. The maximum atomic E-state index is 14.9. The molecule has 33 heavy (non-hydrogen) atoms. The Morgan fingerprint density at radius 1 is 1.06 bits per heavy atom. The monoisotopic (exact) mass is 489 g/mol. The smallest absolute Gasteiger partial charge is 0.256 e. The van der Waals surface area contributed by atoms with E-state index in [0.29, 0.717) is 16.1 Å². The maximum Gasteiger partial charge on any atom is 0.264 e. The molecule has 0 amide bonds. The SMILES string of the molecule is C[C@H](c1ccccc1Cn1cnnn1)N(c1cc(F)ccc1F)S(=O)(=O)c1ccc(Cl)cc1. The lowest BCUT2D eigenvalue weighted by Crippen LogP contribution is -2.35. The van der Waals surface area contributed by atoms with Gasteiger partial charge in [0.1, 0.15) is 18.0 Å². The lowest BCUT2D eigenvalue weighted by Gasteiger charge is -2.32. The van der Waals surface area contributed by atoms with Gasteiger partial charge in [-0.2, -0.15) is 0 Å². The van der Waals surface area contributed by atoms with Crippen molar-refractivity contribution in [3.8, 4) is 0 Å². The number of hydrogen-bond acceptors (Lipinski definition) is 5. The molecule has 170 valence electrons. The van der Waals surface area contributed by atoms with Crippen LogP contribution in [-0.2, 0) is 16.6 Å². The molecule has 0 unspecified atom stereocenters. The fraction of sp³-hybridized carbons (Fsp3) is 0.136. The summed E-state index contributed by atoms with van der Waals surface area (Å²) in [5.41, 5.74) is 0.884. The second-order valence-electron chi connectivity index (χ2n) is 7.23. The van der Waals surface area contributed by atoms with Crippen molar-refractivity contribution in [3.05, 3.63) is 101 Å². The van der Waals surface area contributed by atoms with E-state index in [9.17, 15) is 17.2 Å². The van der Waals surface area contributed by atoms with E-state index in [1.807, 2.05) is 0 Å². The highest BCUT2D eigenvalue weighted by atomic mass is 35.5. The van der Waals surface area contributed by atoms with Crippen molar-refractivity contribution < 1.29 is 17.2 Å². The van der Waals surface area contributed by atoms with Gasteiger partial charge in [-0.15, -0.1) is 5.10 Å². The fourth-order valence-electron chi connectivity index (χ4n) is 3.56. The van der Waals surface area contributed by atoms with Crippen molar-refractivity contribution in [2.24, 2.45) is 0 Å². The van der Waals surface area contributed by atoms with E-state index in [1.165, 1.54) is 35.3 Å². The summed E-state index contributed by atoms with van der Waals surface area (Å²) < 4.78 is 58.8. The van der Waals surface area contributed by atoms with Crippen molar-refractivity contribution in [3.63, 3.8) is 0 Å². The summed E-state index contributed by atoms with van der Waals surface area (Å²) in [6.07, 6.45) is 1.43. The van der Waals surface area contributed by atoms with E-state index in [0.717, 1.165) is 22.5 Å². The molecule has 11 heteroatoms. The van der Waals surface area contributed by atoms with Gasteiger partial charge < -0.3 is 0 Å². The van der Waals surface area contributed by atoms with Crippen LogP contribution in [0.2, 0.25) is 5.02 Å². The van der Waals surface area contributed by atoms with Crippen LogP contribution in [0.3, 0.4) is 0 Å². The zero-order chi connectivity index (χ0) is 23.6. The molecule has 0 aliphatic carbocycles. The van der Waals surface area contributed by atoms with Crippen LogP contribution in [0.15, 0.2) is 78.0 Å². The standard InChI is InChI=1S/C22H18ClF2N5O2S/c1-15(20-5-3-2-4-16(20)13-29-14-26-27-28-29)30(22-12-18(24)8-11-21(22)25)33(31,32)19-9-6-17(23)7-10-19/h2-12,14-15H,13H2,1H3/t15-/m1/s1. The zero-order valence-electron chi connectivity index (χ0n) is 17.3. The van der Waals surface area contributed by atoms with Gasteiger partial charge in [-0.05, 0) is 64.9 Å². The summed E-state index contributed by atoms with van der Waals surface area (Å²) in [7, 11) is -4.32. The second kappa shape index (κ2) is 9.24. The van der Waals surface area contributed by atoms with Crippen LogP contribution in [0.4, 0.5) is 14.5 Å². The second-order valence-corrected chi connectivity index (χ2v) is 9.48. The highest BCUT2D eigenvalue weighted by molar-refractivity contribution is 7.92. The summed E-state index contributed by atoms with van der Waals surface area (Å²) >= 11 is 5.91. The van der Waals surface area contributed by atoms with Crippen LogP contribution in [0.1, 0.15) is 24.1 Å². The molecular formula is C22H18ClF2N5O2S. The molecule has 0 spiro atoms. The minimum atomic E-state index is -4.32. The number of anilines is 1. The van der Waals surface area contributed by atoms with Crippen LogP contribution < -0.4 is 4.31 Å². The fourth-order valence-corrected chi connectivity index (χ4v) is 5.32. The van der Waals surface area contributed by atoms with Gasteiger partial charge in [-0.3, -0.25) is 4.31 Å². The van der Waals surface area contributed by atoms with E-state index < -0.39 is 33.4 Å². The van der Waals surface area contributed by atoms with Gasteiger partial charge in [-0.25, -0.2) is 21.9 Å². The lowest BCUT2D eigenvalue weighted by atomic mass is 10.0. The Kier molecular flexibility index (Phi) is 6.39. The first-order chi connectivity index (χ1) is 15.8. The third kappa shape index (κ3) is 4.71. The quantitative estimate of drug-likeness (QED) is 0.378. The molecule has 0 radical (unpaired) electrons. The Balaban J connectivity index is 1.87. The van der Waals surface area contributed by atoms with Crippen LogP contribution in [0, 0.1) is 11.6 Å². The summed E-state index contributed by atoms with van der Waals surface area (Å²) in [5.74, 6) is -1.64. The third-order valence-corrected chi connectivity index (χ3v) is 7.25. The molecule has 0 aliphatic heterocycles. The van der Waals surface area contributed by atoms with Crippen molar-refractivity contribution in [2.75, 3.05) is 4.31 Å². The molecule has 0 saturated heterocycles. The highest BCUT2D eigenvalue weighted by Crippen LogP contribution is 2.36. The largest absolute Gasteiger partial charge is 0.264 e. The molecule has 0 fully saturated rings. The van der Waals surface area contributed by atoms with Gasteiger partial charge in [0.05, 0.1) is 23.2 Å². The van der Waals surface area contributed by atoms with E-state index >= 15 is 0 Å². The third-order valence-electron chi connectivity index (χ3n) is 5.10. The zero-order valence-corrected chi connectivity index (χ0v) is 18.9. The van der Waals surface area contributed by atoms with E-state index in [-0.39, 0.29) is 11.4 Å². The van der Waals surface area contributed by atoms with Crippen molar-refractivity contribution >= 4 is 27.3 Å². The molecule has 4 aromatic rings. The number of sulfonamides is 1. The predicted octanol–water partition coefficient (Wildman–Crippen LogP) is 4.61. The number of tetrazole rings is 1. The van der Waals surface area contributed by atoms with Crippen molar-refractivity contribution in [1.29, 1.82) is 0 Å². The topological polar surface area (TPSA) is 81.0 Å². The Hall–Kier alpha value is -3.37. The molecular weight excluding hydrogens is 472 g/mol. The number of hydrogen-bond donors (Lipinski definition) is 0. The van der Waals surface area contributed by atoms with Gasteiger partial charge in [-0.1, -0.05) is 35.9 Å². The summed E-state index contributed by atoms with van der Waals surface area (Å²) in [5, 5.41) is 11.4. The molecule has 4 rings (SSSR count). The van der Waals surface area contributed by atoms with Crippen LogP contribution >= 0.6 is 11.6 Å². The average Bonchev–Trinajstić information content (AvgIpc) is 3.30. The number of halogens is 3. The van der Waals surface area contributed by atoms with Gasteiger partial charge in [0.2, 0.25) is 0 Å². The molecule has 1 aromatic heterocycles. The maximum absolute atomic E-state index is 14.9. The first kappa shape index (κ1) is 22.8. The average molecular weight is 490 g/mol. The molecule has 7 nitrogen and oxygen atoms in total. The molecule has 0 bridgehead atoms. The van der Waals surface area contributed by atoms with Gasteiger partial charge in [0.15, 0.2) is 0 Å². The summed E-state index contributed by atoms with van der Waals surface area (Å²) in [6, 6.07) is 14.3. The summed E-state index contributed by atoms with van der Waals surface area (Å²) in [4.78, 5) is -0.111. The van der Waals surface area contributed by atoms with Crippen LogP contribution in [-0.4, -0.2) is 28.6 Å². The first-order valence-corrected chi connectivity index (χ1v) is 11.6. The molecule has 0 N–H and O–H groups in total. The Bertz CT molecular complexity index is 1370. The Morgan fingerprint density at radius 2 is 1.79 bits per heavy atom. The Labute approximate surface area is 194 Å². The van der Waals surface area contributed by atoms with E-state index in [4.69, 9.17) is 11.6 Å². The van der Waals surface area contributed by atoms with Gasteiger partial charge in [0.25, 0.3) is 10.0 Å². The number of aromatic nitrogens is 4. The lowest BCUT2D eigenvalue weighted by molar-refractivity contribution is 0.568. The van der Waals surface area contributed by atoms with Crippen LogP contribution in [0.25, 0.3) is 0 Å². The normalized spacial score (nSPS) is 12.5. The van der Waals surface area contributed by atoms with E-state index in [1.54, 1.807) is 31.2 Å². The molecule has 0 aliphatic rings. The van der Waals surface area contributed by atoms with E-state index in [2.05, 4.69) is 15.5 Å². The van der Waals surface area contributed by atoms with Crippen molar-refractivity contribution in [1.82, 2.24) is 20.2 Å².